The molecule has 5 heteroatoms. The Kier molecular flexibility index (Phi) is 2.41. The third-order valence-corrected chi connectivity index (χ3v) is 3.09. The molecule has 1 aliphatic rings. The van der Waals surface area contributed by atoms with Crippen molar-refractivity contribution < 1.29 is 4.79 Å². The molecular formula is C10H12ClN3O. The monoisotopic (exact) mass is 225 g/mol. The van der Waals surface area contributed by atoms with Gasteiger partial charge in [-0.3, -0.25) is 4.68 Å². The van der Waals surface area contributed by atoms with Crippen molar-refractivity contribution in [2.75, 3.05) is 0 Å². The van der Waals surface area contributed by atoms with Crippen molar-refractivity contribution in [3.8, 4) is 0 Å². The van der Waals surface area contributed by atoms with Gasteiger partial charge in [0.05, 0.1) is 6.20 Å². The first-order chi connectivity index (χ1) is 7.10. The standard InChI is InChI=1S/C10H12ClN3O/c1-7(2)14-9(11)8(5-13-14)10(3-4-10)12-6-15/h5,7H,3-4H2,1-2H3. The van der Waals surface area contributed by atoms with E-state index in [0.717, 1.165) is 18.4 Å². The fraction of sp³-hybridized carbons (Fsp3) is 0.600. The van der Waals surface area contributed by atoms with Crippen LogP contribution in [0.5, 0.6) is 0 Å². The maximum Gasteiger partial charge on any atom is 0.235 e. The van der Waals surface area contributed by atoms with E-state index < -0.39 is 5.54 Å². The minimum Gasteiger partial charge on any atom is -0.251 e. The molecule has 0 amide bonds. The Bertz CT molecular complexity index is 428. The molecule has 0 spiro atoms. The molecule has 1 aromatic heterocycles. The molecule has 80 valence electrons. The maximum atomic E-state index is 10.3. The second kappa shape index (κ2) is 3.47. The SMILES string of the molecule is CC(C)n1ncc(C2(N=C=O)CC2)c1Cl. The van der Waals surface area contributed by atoms with Gasteiger partial charge in [-0.15, -0.1) is 0 Å². The number of hydrogen-bond acceptors (Lipinski definition) is 3. The van der Waals surface area contributed by atoms with Gasteiger partial charge in [0.25, 0.3) is 0 Å². The second-order valence-electron chi connectivity index (χ2n) is 4.12. The first-order valence-electron chi connectivity index (χ1n) is 4.93. The number of isocyanates is 1. The van der Waals surface area contributed by atoms with E-state index in [4.69, 9.17) is 11.6 Å². The predicted molar refractivity (Wildman–Crippen MR) is 56.7 cm³/mol. The summed E-state index contributed by atoms with van der Waals surface area (Å²) in [5.74, 6) is 0. The molecule has 0 aliphatic heterocycles. The molecule has 0 saturated heterocycles. The van der Waals surface area contributed by atoms with E-state index in [-0.39, 0.29) is 6.04 Å². The first kappa shape index (κ1) is 10.4. The number of halogens is 1. The summed E-state index contributed by atoms with van der Waals surface area (Å²) >= 11 is 6.19. The van der Waals surface area contributed by atoms with Gasteiger partial charge in [0, 0.05) is 11.6 Å². The van der Waals surface area contributed by atoms with Gasteiger partial charge >= 0.3 is 0 Å². The molecule has 4 nitrogen and oxygen atoms in total. The smallest absolute Gasteiger partial charge is 0.235 e. The van der Waals surface area contributed by atoms with E-state index in [2.05, 4.69) is 10.1 Å². The van der Waals surface area contributed by atoms with E-state index in [9.17, 15) is 4.79 Å². The number of aliphatic imine (C=N–C) groups is 1. The van der Waals surface area contributed by atoms with Crippen molar-refractivity contribution in [3.05, 3.63) is 16.9 Å². The van der Waals surface area contributed by atoms with Crippen LogP contribution < -0.4 is 0 Å². The predicted octanol–water partition coefficient (Wildman–Crippen LogP) is 2.44. The van der Waals surface area contributed by atoms with E-state index in [0.29, 0.717) is 5.15 Å². The molecule has 1 heterocycles. The van der Waals surface area contributed by atoms with Gasteiger partial charge in [-0.1, -0.05) is 11.6 Å². The summed E-state index contributed by atoms with van der Waals surface area (Å²) in [6, 6.07) is 0.210. The molecule has 0 unspecified atom stereocenters. The molecule has 0 aromatic carbocycles. The fourth-order valence-electron chi connectivity index (χ4n) is 1.67. The van der Waals surface area contributed by atoms with Crippen LogP contribution in [-0.4, -0.2) is 15.9 Å². The van der Waals surface area contributed by atoms with Gasteiger partial charge in [-0.25, -0.2) is 4.79 Å². The van der Waals surface area contributed by atoms with E-state index in [1.54, 1.807) is 17.0 Å². The van der Waals surface area contributed by atoms with Gasteiger partial charge in [-0.05, 0) is 26.7 Å². The van der Waals surface area contributed by atoms with Gasteiger partial charge in [0.2, 0.25) is 6.08 Å². The summed E-state index contributed by atoms with van der Waals surface area (Å²) in [6.45, 7) is 4.01. The van der Waals surface area contributed by atoms with Crippen LogP contribution in [-0.2, 0) is 10.3 Å². The molecule has 0 bridgehead atoms. The molecule has 2 rings (SSSR count). The molecule has 1 aromatic rings. The zero-order valence-electron chi connectivity index (χ0n) is 8.70. The lowest BCUT2D eigenvalue weighted by Gasteiger charge is -2.09. The van der Waals surface area contributed by atoms with Crippen molar-refractivity contribution in [1.82, 2.24) is 9.78 Å². The van der Waals surface area contributed by atoms with Crippen LogP contribution in [0.4, 0.5) is 0 Å². The van der Waals surface area contributed by atoms with Crippen molar-refractivity contribution in [2.45, 2.75) is 38.3 Å². The lowest BCUT2D eigenvalue weighted by molar-refractivity contribution is 0.531. The van der Waals surface area contributed by atoms with Crippen LogP contribution in [0.1, 0.15) is 38.3 Å². The summed E-state index contributed by atoms with van der Waals surface area (Å²) < 4.78 is 1.73. The summed E-state index contributed by atoms with van der Waals surface area (Å²) in [5, 5.41) is 4.78. The Morgan fingerprint density at radius 1 is 1.67 bits per heavy atom. The van der Waals surface area contributed by atoms with E-state index >= 15 is 0 Å². The van der Waals surface area contributed by atoms with Crippen LogP contribution in [0.2, 0.25) is 5.15 Å². The highest BCUT2D eigenvalue weighted by molar-refractivity contribution is 6.30. The maximum absolute atomic E-state index is 10.3. The van der Waals surface area contributed by atoms with Crippen LogP contribution in [0.3, 0.4) is 0 Å². The minimum absolute atomic E-state index is 0.210. The van der Waals surface area contributed by atoms with Crippen molar-refractivity contribution in [3.63, 3.8) is 0 Å². The highest BCUT2D eigenvalue weighted by Gasteiger charge is 2.47. The number of nitrogens with zero attached hydrogens (tertiary/aromatic N) is 3. The molecule has 0 atom stereocenters. The highest BCUT2D eigenvalue weighted by atomic mass is 35.5. The molecule has 0 radical (unpaired) electrons. The first-order valence-corrected chi connectivity index (χ1v) is 5.31. The van der Waals surface area contributed by atoms with Gasteiger partial charge in [-0.2, -0.15) is 10.1 Å². The largest absolute Gasteiger partial charge is 0.251 e. The zero-order chi connectivity index (χ0) is 11.1. The molecule has 15 heavy (non-hydrogen) atoms. The van der Waals surface area contributed by atoms with Crippen molar-refractivity contribution >= 4 is 17.7 Å². The third-order valence-electron chi connectivity index (χ3n) is 2.71. The van der Waals surface area contributed by atoms with Gasteiger partial charge in [0.1, 0.15) is 10.7 Å². The van der Waals surface area contributed by atoms with E-state index in [1.807, 2.05) is 13.8 Å². The van der Waals surface area contributed by atoms with Crippen LogP contribution >= 0.6 is 11.6 Å². The Balaban J connectivity index is 2.42. The summed E-state index contributed by atoms with van der Waals surface area (Å²) in [7, 11) is 0. The number of rotatable bonds is 3. The third kappa shape index (κ3) is 1.60. The lowest BCUT2D eigenvalue weighted by atomic mass is 10.1. The fourth-order valence-corrected chi connectivity index (χ4v) is 2.13. The Labute approximate surface area is 92.9 Å². The summed E-state index contributed by atoms with van der Waals surface area (Å²) in [4.78, 5) is 14.2. The highest BCUT2D eigenvalue weighted by Crippen LogP contribution is 2.51. The molecule has 0 N–H and O–H groups in total. The molecule has 1 saturated carbocycles. The topological polar surface area (TPSA) is 47.2 Å². The van der Waals surface area contributed by atoms with Gasteiger partial charge < -0.3 is 0 Å². The number of carbonyl (C=O) groups excluding carboxylic acids is 1. The van der Waals surface area contributed by atoms with Crippen molar-refractivity contribution in [2.24, 2.45) is 4.99 Å². The average molecular weight is 226 g/mol. The van der Waals surface area contributed by atoms with E-state index in [1.165, 1.54) is 0 Å². The normalized spacial score (nSPS) is 17.6. The molecular weight excluding hydrogens is 214 g/mol. The average Bonchev–Trinajstić information content (AvgIpc) is 2.83. The Morgan fingerprint density at radius 2 is 2.33 bits per heavy atom. The Hall–Kier alpha value is -1.12. The summed E-state index contributed by atoms with van der Waals surface area (Å²) in [5.41, 5.74) is 0.424. The number of hydrogen-bond donors (Lipinski definition) is 0. The van der Waals surface area contributed by atoms with Crippen LogP contribution in [0.15, 0.2) is 11.2 Å². The van der Waals surface area contributed by atoms with Crippen LogP contribution in [0.25, 0.3) is 0 Å². The number of aromatic nitrogens is 2. The molecule has 1 aliphatic carbocycles. The van der Waals surface area contributed by atoms with Crippen LogP contribution in [0, 0.1) is 0 Å². The molecule has 1 fully saturated rings. The van der Waals surface area contributed by atoms with Gasteiger partial charge in [0.15, 0.2) is 0 Å². The Morgan fingerprint density at radius 3 is 2.73 bits per heavy atom. The quantitative estimate of drug-likeness (QED) is 0.586. The zero-order valence-corrected chi connectivity index (χ0v) is 9.45. The second-order valence-corrected chi connectivity index (χ2v) is 4.48. The lowest BCUT2D eigenvalue weighted by Crippen LogP contribution is -2.05. The minimum atomic E-state index is -0.425. The van der Waals surface area contributed by atoms with Crippen molar-refractivity contribution in [1.29, 1.82) is 0 Å². The summed E-state index contributed by atoms with van der Waals surface area (Å²) in [6.07, 6.45) is 5.02.